The molecule has 1 aliphatic rings. The summed E-state index contributed by atoms with van der Waals surface area (Å²) in [6.07, 6.45) is 1.77. The van der Waals surface area contributed by atoms with Crippen molar-refractivity contribution in [2.45, 2.75) is 44.6 Å². The van der Waals surface area contributed by atoms with E-state index in [0.717, 1.165) is 29.7 Å². The highest BCUT2D eigenvalue weighted by atomic mass is 32.2. The standard InChI is InChI=1S/C20H24N2O4S/c1-13-4-5-17(10-14(13)2)21-20(23)12-26-19-9-8-18(11-15(19)3)27(24,25)22-16-6-7-16/h4-5,8-11,16,22H,6-7,12H2,1-3H3,(H,21,23). The van der Waals surface area contributed by atoms with Crippen molar-refractivity contribution in [2.24, 2.45) is 0 Å². The zero-order valence-electron chi connectivity index (χ0n) is 15.7. The first-order chi connectivity index (χ1) is 12.7. The van der Waals surface area contributed by atoms with Gasteiger partial charge in [-0.2, -0.15) is 0 Å². The zero-order valence-corrected chi connectivity index (χ0v) is 16.5. The molecule has 2 N–H and O–H groups in total. The summed E-state index contributed by atoms with van der Waals surface area (Å²) in [5, 5.41) is 2.79. The van der Waals surface area contributed by atoms with E-state index in [9.17, 15) is 13.2 Å². The van der Waals surface area contributed by atoms with E-state index >= 15 is 0 Å². The third-order valence-electron chi connectivity index (χ3n) is 4.51. The number of hydrogen-bond acceptors (Lipinski definition) is 4. The van der Waals surface area contributed by atoms with Gasteiger partial charge in [0.1, 0.15) is 5.75 Å². The predicted octanol–water partition coefficient (Wildman–Crippen LogP) is 3.07. The highest BCUT2D eigenvalue weighted by molar-refractivity contribution is 7.89. The molecule has 7 heteroatoms. The summed E-state index contributed by atoms with van der Waals surface area (Å²) in [5.41, 5.74) is 3.64. The SMILES string of the molecule is Cc1ccc(NC(=O)COc2ccc(S(=O)(=O)NC3CC3)cc2C)cc1C. The average molecular weight is 388 g/mol. The van der Waals surface area contributed by atoms with Gasteiger partial charge >= 0.3 is 0 Å². The van der Waals surface area contributed by atoms with Crippen LogP contribution in [0.4, 0.5) is 5.69 Å². The maximum absolute atomic E-state index is 12.3. The van der Waals surface area contributed by atoms with Gasteiger partial charge < -0.3 is 10.1 Å². The fraction of sp³-hybridized carbons (Fsp3) is 0.350. The molecular weight excluding hydrogens is 364 g/mol. The van der Waals surface area contributed by atoms with Gasteiger partial charge in [-0.05, 0) is 80.6 Å². The van der Waals surface area contributed by atoms with Crippen LogP contribution in [0.25, 0.3) is 0 Å². The van der Waals surface area contributed by atoms with Crippen molar-refractivity contribution in [2.75, 3.05) is 11.9 Å². The number of anilines is 1. The fourth-order valence-electron chi connectivity index (χ4n) is 2.60. The minimum atomic E-state index is -3.50. The maximum Gasteiger partial charge on any atom is 0.262 e. The lowest BCUT2D eigenvalue weighted by Gasteiger charge is -2.12. The minimum absolute atomic E-state index is 0.0559. The first-order valence-corrected chi connectivity index (χ1v) is 10.4. The largest absolute Gasteiger partial charge is 0.483 e. The van der Waals surface area contributed by atoms with Crippen LogP contribution in [0, 0.1) is 20.8 Å². The lowest BCUT2D eigenvalue weighted by atomic mass is 10.1. The second-order valence-electron chi connectivity index (χ2n) is 6.96. The molecule has 1 saturated carbocycles. The van der Waals surface area contributed by atoms with Gasteiger partial charge in [0.2, 0.25) is 10.0 Å². The summed E-state index contributed by atoms with van der Waals surface area (Å²) in [5.74, 6) is 0.209. The Bertz CT molecular complexity index is 966. The van der Waals surface area contributed by atoms with Gasteiger partial charge in [-0.25, -0.2) is 13.1 Å². The minimum Gasteiger partial charge on any atom is -0.483 e. The van der Waals surface area contributed by atoms with Gasteiger partial charge in [0.25, 0.3) is 5.91 Å². The molecule has 1 fully saturated rings. The van der Waals surface area contributed by atoms with Gasteiger partial charge in [0.05, 0.1) is 4.90 Å². The van der Waals surface area contributed by atoms with Crippen molar-refractivity contribution >= 4 is 21.6 Å². The molecule has 1 aliphatic carbocycles. The van der Waals surface area contributed by atoms with E-state index in [-0.39, 0.29) is 23.5 Å². The third-order valence-corrected chi connectivity index (χ3v) is 6.02. The average Bonchev–Trinajstić information content (AvgIpc) is 3.40. The topological polar surface area (TPSA) is 84.5 Å². The molecule has 27 heavy (non-hydrogen) atoms. The Morgan fingerprint density at radius 2 is 1.78 bits per heavy atom. The van der Waals surface area contributed by atoms with Crippen LogP contribution in [0.15, 0.2) is 41.3 Å². The molecule has 0 spiro atoms. The van der Waals surface area contributed by atoms with E-state index < -0.39 is 10.0 Å². The van der Waals surface area contributed by atoms with Crippen LogP contribution in [-0.2, 0) is 14.8 Å². The Morgan fingerprint density at radius 1 is 1.04 bits per heavy atom. The van der Waals surface area contributed by atoms with Crippen LogP contribution in [0.1, 0.15) is 29.5 Å². The molecule has 0 aromatic heterocycles. The summed E-state index contributed by atoms with van der Waals surface area (Å²) < 4.78 is 32.7. The number of hydrogen-bond donors (Lipinski definition) is 2. The number of ether oxygens (including phenoxy) is 1. The van der Waals surface area contributed by atoms with Crippen LogP contribution in [-0.4, -0.2) is 27.0 Å². The lowest BCUT2D eigenvalue weighted by Crippen LogP contribution is -2.25. The number of carbonyl (C=O) groups is 1. The summed E-state index contributed by atoms with van der Waals surface area (Å²) in [4.78, 5) is 12.3. The fourth-order valence-corrected chi connectivity index (χ4v) is 3.99. The van der Waals surface area contributed by atoms with E-state index in [1.807, 2.05) is 32.0 Å². The second kappa shape index (κ2) is 7.70. The van der Waals surface area contributed by atoms with Gasteiger partial charge in [0.15, 0.2) is 6.61 Å². The summed E-state index contributed by atoms with van der Waals surface area (Å²) in [6.45, 7) is 5.60. The molecule has 1 amide bonds. The molecule has 0 aliphatic heterocycles. The molecule has 144 valence electrons. The number of carbonyl (C=O) groups excluding carboxylic acids is 1. The molecule has 0 radical (unpaired) electrons. The second-order valence-corrected chi connectivity index (χ2v) is 8.67. The number of aryl methyl sites for hydroxylation is 3. The van der Waals surface area contributed by atoms with Crippen molar-refractivity contribution in [3.63, 3.8) is 0 Å². The van der Waals surface area contributed by atoms with E-state index in [4.69, 9.17) is 4.74 Å². The van der Waals surface area contributed by atoms with Crippen molar-refractivity contribution in [3.8, 4) is 5.75 Å². The molecular formula is C20H24N2O4S. The Morgan fingerprint density at radius 3 is 2.41 bits per heavy atom. The Hall–Kier alpha value is -2.38. The maximum atomic E-state index is 12.3. The number of rotatable bonds is 7. The first kappa shape index (κ1) is 19.4. The van der Waals surface area contributed by atoms with Crippen LogP contribution in [0.2, 0.25) is 0 Å². The Kier molecular flexibility index (Phi) is 5.53. The number of nitrogens with one attached hydrogen (secondary N) is 2. The molecule has 6 nitrogen and oxygen atoms in total. The van der Waals surface area contributed by atoms with Crippen molar-refractivity contribution < 1.29 is 17.9 Å². The smallest absolute Gasteiger partial charge is 0.262 e. The van der Waals surface area contributed by atoms with Crippen molar-refractivity contribution in [3.05, 3.63) is 53.1 Å². The molecule has 0 atom stereocenters. The first-order valence-electron chi connectivity index (χ1n) is 8.87. The molecule has 2 aromatic rings. The Balaban J connectivity index is 1.60. The van der Waals surface area contributed by atoms with Gasteiger partial charge in [0, 0.05) is 11.7 Å². The van der Waals surface area contributed by atoms with Crippen LogP contribution in [0.5, 0.6) is 5.75 Å². The molecule has 0 heterocycles. The normalized spacial score (nSPS) is 14.0. The van der Waals surface area contributed by atoms with Gasteiger partial charge in [-0.1, -0.05) is 6.07 Å². The van der Waals surface area contributed by atoms with E-state index in [2.05, 4.69) is 10.0 Å². The number of amides is 1. The summed E-state index contributed by atoms with van der Waals surface area (Å²) >= 11 is 0. The van der Waals surface area contributed by atoms with Crippen molar-refractivity contribution in [1.82, 2.24) is 4.72 Å². The van der Waals surface area contributed by atoms with Crippen molar-refractivity contribution in [1.29, 1.82) is 0 Å². The number of sulfonamides is 1. The van der Waals surface area contributed by atoms with Gasteiger partial charge in [-0.3, -0.25) is 4.79 Å². The highest BCUT2D eigenvalue weighted by Crippen LogP contribution is 2.25. The van der Waals surface area contributed by atoms with E-state index in [0.29, 0.717) is 11.3 Å². The highest BCUT2D eigenvalue weighted by Gasteiger charge is 2.28. The van der Waals surface area contributed by atoms with E-state index in [1.54, 1.807) is 19.1 Å². The Labute approximate surface area is 160 Å². The monoisotopic (exact) mass is 388 g/mol. The molecule has 0 saturated heterocycles. The van der Waals surface area contributed by atoms with Crippen LogP contribution < -0.4 is 14.8 Å². The number of benzene rings is 2. The summed E-state index contributed by atoms with van der Waals surface area (Å²) in [6, 6.07) is 10.4. The van der Waals surface area contributed by atoms with Gasteiger partial charge in [-0.15, -0.1) is 0 Å². The van der Waals surface area contributed by atoms with Crippen LogP contribution in [0.3, 0.4) is 0 Å². The summed E-state index contributed by atoms with van der Waals surface area (Å²) in [7, 11) is -3.50. The van der Waals surface area contributed by atoms with Crippen LogP contribution >= 0.6 is 0 Å². The zero-order chi connectivity index (χ0) is 19.6. The molecule has 3 rings (SSSR count). The molecule has 0 bridgehead atoms. The van der Waals surface area contributed by atoms with E-state index in [1.165, 1.54) is 6.07 Å². The predicted molar refractivity (Wildman–Crippen MR) is 105 cm³/mol. The third kappa shape index (κ3) is 5.08. The quantitative estimate of drug-likeness (QED) is 0.763. The molecule has 2 aromatic carbocycles. The molecule has 0 unspecified atom stereocenters. The lowest BCUT2D eigenvalue weighted by molar-refractivity contribution is -0.118.